The molecule has 47 heavy (non-hydrogen) atoms. The van der Waals surface area contributed by atoms with E-state index in [1.54, 1.807) is 0 Å². The molecule has 0 radical (unpaired) electrons. The third-order valence-corrected chi connectivity index (χ3v) is 9.54. The fraction of sp³-hybridized carbons (Fsp3) is 0.0909. The second-order valence-electron chi connectivity index (χ2n) is 13.1. The maximum atomic E-state index is 2.50. The molecule has 3 heteroatoms. The highest BCUT2D eigenvalue weighted by Crippen LogP contribution is 2.43. The molecule has 0 aliphatic rings. The first-order chi connectivity index (χ1) is 22.9. The number of anilines is 3. The van der Waals surface area contributed by atoms with Gasteiger partial charge in [-0.3, -0.25) is 0 Å². The summed E-state index contributed by atoms with van der Waals surface area (Å²) >= 11 is 0. The molecule has 9 aromatic rings. The van der Waals surface area contributed by atoms with Crippen LogP contribution in [-0.4, -0.2) is 8.97 Å². The van der Waals surface area contributed by atoms with Gasteiger partial charge in [-0.05, 0) is 128 Å². The normalized spacial score (nSPS) is 11.8. The maximum Gasteiger partial charge on any atom is 0.0703 e. The number of rotatable bonds is 4. The summed E-state index contributed by atoms with van der Waals surface area (Å²) in [5, 5.41) is 5.01. The van der Waals surface area contributed by atoms with E-state index in [2.05, 4.69) is 181 Å². The van der Waals surface area contributed by atoms with Crippen molar-refractivity contribution in [1.29, 1.82) is 0 Å². The van der Waals surface area contributed by atoms with E-state index < -0.39 is 0 Å². The minimum atomic E-state index is 1.15. The van der Waals surface area contributed by atoms with Gasteiger partial charge in [0.15, 0.2) is 0 Å². The number of para-hydroxylation sites is 3. The predicted octanol–water partition coefficient (Wildman–Crippen LogP) is 12.0. The summed E-state index contributed by atoms with van der Waals surface area (Å²) in [7, 11) is 0. The van der Waals surface area contributed by atoms with Gasteiger partial charge in [-0.25, -0.2) is 0 Å². The van der Waals surface area contributed by atoms with E-state index in [1.165, 1.54) is 77.2 Å². The SMILES string of the molecule is Cc1cc(C)cc(N(c2cc(C)cc(C)c2)c2ccc3c(c2)c2ccc4cccc5c4c2n3c2ccccc2n5-c2ccccc2)c1. The van der Waals surface area contributed by atoms with Gasteiger partial charge in [-0.1, -0.05) is 66.7 Å². The van der Waals surface area contributed by atoms with Crippen LogP contribution in [0.25, 0.3) is 54.8 Å². The van der Waals surface area contributed by atoms with E-state index in [1.807, 2.05) is 0 Å². The fourth-order valence-corrected chi connectivity index (χ4v) is 7.86. The molecule has 0 amide bonds. The zero-order chi connectivity index (χ0) is 31.8. The van der Waals surface area contributed by atoms with Crippen molar-refractivity contribution in [3.63, 3.8) is 0 Å². The van der Waals surface area contributed by atoms with Crippen LogP contribution >= 0.6 is 0 Å². The number of benzene rings is 7. The second kappa shape index (κ2) is 10.4. The molecule has 0 saturated heterocycles. The summed E-state index contributed by atoms with van der Waals surface area (Å²) in [6.45, 7) is 8.74. The van der Waals surface area contributed by atoms with Crippen LogP contribution in [0.4, 0.5) is 17.1 Å². The molecule has 2 heterocycles. The first-order valence-electron chi connectivity index (χ1n) is 16.4. The van der Waals surface area contributed by atoms with Crippen LogP contribution in [0, 0.1) is 27.7 Å². The lowest BCUT2D eigenvalue weighted by molar-refractivity contribution is 1.17. The molecule has 0 aliphatic heterocycles. The van der Waals surface area contributed by atoms with Crippen molar-refractivity contribution in [1.82, 2.24) is 8.97 Å². The Balaban J connectivity index is 1.43. The molecule has 0 spiro atoms. The Morgan fingerprint density at radius 2 is 1.04 bits per heavy atom. The quantitative estimate of drug-likeness (QED) is 0.194. The topological polar surface area (TPSA) is 12.6 Å². The molecule has 0 atom stereocenters. The highest BCUT2D eigenvalue weighted by atomic mass is 15.1. The third kappa shape index (κ3) is 4.27. The van der Waals surface area contributed by atoms with Crippen LogP contribution in [0.1, 0.15) is 22.3 Å². The first kappa shape index (κ1) is 27.5. The minimum absolute atomic E-state index is 1.15. The van der Waals surface area contributed by atoms with Crippen LogP contribution in [0.3, 0.4) is 0 Å². The molecule has 9 rings (SSSR count). The molecule has 0 aliphatic carbocycles. The minimum Gasteiger partial charge on any atom is -0.310 e. The van der Waals surface area contributed by atoms with Gasteiger partial charge in [0.25, 0.3) is 0 Å². The molecule has 0 unspecified atom stereocenters. The smallest absolute Gasteiger partial charge is 0.0703 e. The fourth-order valence-electron chi connectivity index (χ4n) is 7.86. The van der Waals surface area contributed by atoms with Crippen LogP contribution in [-0.2, 0) is 0 Å². The van der Waals surface area contributed by atoms with E-state index in [9.17, 15) is 0 Å². The van der Waals surface area contributed by atoms with Crippen molar-refractivity contribution >= 4 is 66.2 Å². The van der Waals surface area contributed by atoms with Crippen molar-refractivity contribution in [3.8, 4) is 5.69 Å². The van der Waals surface area contributed by atoms with Crippen LogP contribution in [0.2, 0.25) is 0 Å². The predicted molar refractivity (Wildman–Crippen MR) is 200 cm³/mol. The monoisotopic (exact) mass is 605 g/mol. The maximum absolute atomic E-state index is 2.50. The lowest BCUT2D eigenvalue weighted by Crippen LogP contribution is -2.11. The zero-order valence-corrected chi connectivity index (χ0v) is 27.1. The summed E-state index contributed by atoms with van der Waals surface area (Å²) in [5.74, 6) is 0. The van der Waals surface area contributed by atoms with E-state index in [0.717, 1.165) is 16.9 Å². The van der Waals surface area contributed by atoms with E-state index in [-0.39, 0.29) is 0 Å². The first-order valence-corrected chi connectivity index (χ1v) is 16.4. The van der Waals surface area contributed by atoms with Crippen molar-refractivity contribution in [3.05, 3.63) is 162 Å². The zero-order valence-electron chi connectivity index (χ0n) is 27.1. The third-order valence-electron chi connectivity index (χ3n) is 9.54. The number of fused-ring (bicyclic) bond motifs is 5. The van der Waals surface area contributed by atoms with Crippen molar-refractivity contribution in [2.24, 2.45) is 0 Å². The summed E-state index contributed by atoms with van der Waals surface area (Å²) in [5.41, 5.74) is 15.7. The molecule has 0 saturated carbocycles. The van der Waals surface area contributed by atoms with Gasteiger partial charge in [0, 0.05) is 38.9 Å². The summed E-state index contributed by atoms with van der Waals surface area (Å²) in [6.07, 6.45) is 0. The van der Waals surface area contributed by atoms with Crippen LogP contribution in [0.15, 0.2) is 140 Å². The molecule has 2 aromatic heterocycles. The van der Waals surface area contributed by atoms with Gasteiger partial charge < -0.3 is 13.9 Å². The Morgan fingerprint density at radius 1 is 0.426 bits per heavy atom. The largest absolute Gasteiger partial charge is 0.310 e. The Bertz CT molecular complexity index is 2570. The average molecular weight is 606 g/mol. The number of nitrogens with zero attached hydrogens (tertiary/aromatic N) is 3. The van der Waals surface area contributed by atoms with E-state index in [4.69, 9.17) is 0 Å². The summed E-state index contributed by atoms with van der Waals surface area (Å²) in [4.78, 5) is 2.42. The van der Waals surface area contributed by atoms with Crippen molar-refractivity contribution < 1.29 is 0 Å². The van der Waals surface area contributed by atoms with Gasteiger partial charge in [-0.15, -0.1) is 0 Å². The average Bonchev–Trinajstić information content (AvgIpc) is 3.32. The number of hydrogen-bond acceptors (Lipinski definition) is 1. The number of aromatic nitrogens is 2. The molecular formula is C44H35N3. The van der Waals surface area contributed by atoms with Crippen molar-refractivity contribution in [2.45, 2.75) is 27.7 Å². The molecular weight excluding hydrogens is 571 g/mol. The lowest BCUT2D eigenvalue weighted by Gasteiger charge is -2.27. The Hall–Kier alpha value is -5.80. The number of aryl methyl sites for hydroxylation is 4. The van der Waals surface area contributed by atoms with Crippen LogP contribution < -0.4 is 4.90 Å². The van der Waals surface area contributed by atoms with Crippen molar-refractivity contribution in [2.75, 3.05) is 4.90 Å². The van der Waals surface area contributed by atoms with E-state index >= 15 is 0 Å². The second-order valence-corrected chi connectivity index (χ2v) is 13.1. The highest BCUT2D eigenvalue weighted by Gasteiger charge is 2.21. The van der Waals surface area contributed by atoms with Gasteiger partial charge >= 0.3 is 0 Å². The molecule has 226 valence electrons. The standard InChI is InChI=1S/C44H35N3/c1-28-21-29(2)24-35(23-28)45(36-25-30(3)22-31(4)26-36)34-18-20-39-38(27-34)37-19-17-32-11-10-16-42-43(32)44(37)47(39)41-15-9-8-14-40(41)46(42)33-12-6-5-7-13-33/h5-27H,1-4H3. The molecule has 0 N–H and O–H groups in total. The van der Waals surface area contributed by atoms with E-state index in [0.29, 0.717) is 0 Å². The number of hydrogen-bond donors (Lipinski definition) is 0. The Kier molecular flexibility index (Phi) is 6.07. The van der Waals surface area contributed by atoms with Gasteiger partial charge in [0.05, 0.1) is 27.6 Å². The van der Waals surface area contributed by atoms with Gasteiger partial charge in [0.2, 0.25) is 0 Å². The van der Waals surface area contributed by atoms with Crippen LogP contribution in [0.5, 0.6) is 0 Å². The Morgan fingerprint density at radius 3 is 1.72 bits per heavy atom. The Labute approximate surface area is 274 Å². The molecule has 0 bridgehead atoms. The summed E-state index contributed by atoms with van der Waals surface area (Å²) < 4.78 is 4.92. The molecule has 3 nitrogen and oxygen atoms in total. The molecule has 7 aromatic carbocycles. The van der Waals surface area contributed by atoms with Gasteiger partial charge in [-0.2, -0.15) is 0 Å². The lowest BCUT2D eigenvalue weighted by atomic mass is 10.0. The molecule has 0 fully saturated rings. The highest BCUT2D eigenvalue weighted by molar-refractivity contribution is 6.24. The van der Waals surface area contributed by atoms with Gasteiger partial charge in [0.1, 0.15) is 0 Å². The summed E-state index contributed by atoms with van der Waals surface area (Å²) in [6, 6.07) is 51.6.